The Balaban J connectivity index is 2.07. The second-order valence-corrected chi connectivity index (χ2v) is 11.0. The summed E-state index contributed by atoms with van der Waals surface area (Å²) in [5.74, 6) is 1.80. The van der Waals surface area contributed by atoms with Crippen molar-refractivity contribution in [1.82, 2.24) is 5.32 Å². The molecule has 1 aromatic carbocycles. The molecule has 1 aromatic rings. The molecular weight excluding hydrogens is 412 g/mol. The smallest absolute Gasteiger partial charge is 0.320 e. The van der Waals surface area contributed by atoms with E-state index in [1.807, 2.05) is 11.8 Å². The molecule has 2 rings (SSSR count). The molecule has 1 aliphatic rings. The Morgan fingerprint density at radius 3 is 2.03 bits per heavy atom. The topological polar surface area (TPSA) is 41.1 Å². The standard InChI is InChI=1S/C28H46N2OS/c1-7-9-11-14-22-18-26(32-19-23(22)15-12-10-8-2)29-28(31)30-27-24(20(3)4)16-13-17-25(27)21(5)6/h13,16-17,20-21,26H,7-12,14-15,18-19H2,1-6H3,(H2,29,30,31). The van der Waals surface area contributed by atoms with Gasteiger partial charge in [0.25, 0.3) is 0 Å². The summed E-state index contributed by atoms with van der Waals surface area (Å²) in [5, 5.41) is 6.68. The second-order valence-electron chi connectivity index (χ2n) is 9.84. The molecule has 32 heavy (non-hydrogen) atoms. The third-order valence-electron chi connectivity index (χ3n) is 6.46. The Labute approximate surface area is 201 Å². The van der Waals surface area contributed by atoms with Crippen LogP contribution in [-0.2, 0) is 0 Å². The van der Waals surface area contributed by atoms with E-state index in [1.165, 1.54) is 62.5 Å². The van der Waals surface area contributed by atoms with E-state index < -0.39 is 0 Å². The van der Waals surface area contributed by atoms with Gasteiger partial charge in [-0.1, -0.05) is 96.6 Å². The van der Waals surface area contributed by atoms with Crippen molar-refractivity contribution >= 4 is 23.5 Å². The van der Waals surface area contributed by atoms with Crippen molar-refractivity contribution < 1.29 is 4.79 Å². The second kappa shape index (κ2) is 14.0. The lowest BCUT2D eigenvalue weighted by atomic mass is 9.93. The number of nitrogens with one attached hydrogen (secondary N) is 2. The molecule has 1 aliphatic heterocycles. The van der Waals surface area contributed by atoms with Gasteiger partial charge in [-0.05, 0) is 55.1 Å². The summed E-state index contributed by atoms with van der Waals surface area (Å²) >= 11 is 1.90. The lowest BCUT2D eigenvalue weighted by Crippen LogP contribution is -2.38. The van der Waals surface area contributed by atoms with Gasteiger partial charge in [0.1, 0.15) is 0 Å². The van der Waals surface area contributed by atoms with E-state index in [9.17, 15) is 4.79 Å². The van der Waals surface area contributed by atoms with Crippen LogP contribution in [0.5, 0.6) is 0 Å². The maximum Gasteiger partial charge on any atom is 0.320 e. The minimum Gasteiger partial charge on any atom is -0.326 e. The van der Waals surface area contributed by atoms with Crippen LogP contribution in [0, 0.1) is 0 Å². The normalized spacial score (nSPS) is 16.7. The van der Waals surface area contributed by atoms with E-state index in [2.05, 4.69) is 70.4 Å². The summed E-state index contributed by atoms with van der Waals surface area (Å²) in [6, 6.07) is 6.31. The van der Waals surface area contributed by atoms with Gasteiger partial charge in [0.05, 0.1) is 5.37 Å². The summed E-state index contributed by atoms with van der Waals surface area (Å²) in [6.07, 6.45) is 11.1. The molecule has 0 saturated heterocycles. The van der Waals surface area contributed by atoms with Crippen molar-refractivity contribution in [3.63, 3.8) is 0 Å². The highest BCUT2D eigenvalue weighted by molar-refractivity contribution is 8.00. The van der Waals surface area contributed by atoms with E-state index in [0.717, 1.165) is 17.9 Å². The van der Waals surface area contributed by atoms with Gasteiger partial charge < -0.3 is 10.6 Å². The van der Waals surface area contributed by atoms with Crippen molar-refractivity contribution in [2.75, 3.05) is 11.1 Å². The Morgan fingerprint density at radius 2 is 1.50 bits per heavy atom. The van der Waals surface area contributed by atoms with Gasteiger partial charge in [0, 0.05) is 11.4 Å². The first kappa shape index (κ1) is 26.8. The van der Waals surface area contributed by atoms with Crippen LogP contribution in [0.2, 0.25) is 0 Å². The molecule has 0 radical (unpaired) electrons. The fourth-order valence-corrected chi connectivity index (χ4v) is 5.78. The highest BCUT2D eigenvalue weighted by Crippen LogP contribution is 2.35. The van der Waals surface area contributed by atoms with Gasteiger partial charge in [-0.2, -0.15) is 0 Å². The lowest BCUT2D eigenvalue weighted by Gasteiger charge is -2.29. The average molecular weight is 459 g/mol. The number of carbonyl (C=O) groups excluding carboxylic acids is 1. The number of amides is 2. The summed E-state index contributed by atoms with van der Waals surface area (Å²) in [4.78, 5) is 13.0. The molecule has 2 N–H and O–H groups in total. The van der Waals surface area contributed by atoms with Gasteiger partial charge >= 0.3 is 6.03 Å². The number of hydrogen-bond donors (Lipinski definition) is 2. The average Bonchev–Trinajstić information content (AvgIpc) is 2.75. The molecular formula is C28H46N2OS. The van der Waals surface area contributed by atoms with Crippen molar-refractivity contribution in [2.45, 2.75) is 117 Å². The lowest BCUT2D eigenvalue weighted by molar-refractivity contribution is 0.251. The SMILES string of the molecule is CCCCCC1=C(CCCCC)CC(NC(=O)Nc2c(C(C)C)cccc2C(C)C)SC1. The number of para-hydroxylation sites is 1. The van der Waals surface area contributed by atoms with Gasteiger partial charge in [-0.25, -0.2) is 4.79 Å². The molecule has 1 atom stereocenters. The molecule has 4 heteroatoms. The Hall–Kier alpha value is -1.42. The summed E-state index contributed by atoms with van der Waals surface area (Å²) in [5.41, 5.74) is 6.69. The van der Waals surface area contributed by atoms with E-state index in [-0.39, 0.29) is 11.4 Å². The van der Waals surface area contributed by atoms with Crippen LogP contribution in [0.1, 0.15) is 122 Å². The van der Waals surface area contributed by atoms with Crippen LogP contribution in [-0.4, -0.2) is 17.2 Å². The minimum atomic E-state index is -0.0696. The fourth-order valence-electron chi connectivity index (χ4n) is 4.52. The zero-order valence-corrected chi connectivity index (χ0v) is 22.2. The number of benzene rings is 1. The number of anilines is 1. The molecule has 0 saturated carbocycles. The highest BCUT2D eigenvalue weighted by atomic mass is 32.2. The number of thioether (sulfide) groups is 1. The van der Waals surface area contributed by atoms with Crippen LogP contribution in [0.4, 0.5) is 10.5 Å². The van der Waals surface area contributed by atoms with Gasteiger partial charge in [-0.3, -0.25) is 0 Å². The Kier molecular flexibility index (Phi) is 11.7. The molecule has 0 aromatic heterocycles. The molecule has 1 heterocycles. The zero-order chi connectivity index (χ0) is 23.5. The Bertz CT molecular complexity index is 728. The van der Waals surface area contributed by atoms with Crippen LogP contribution in [0.3, 0.4) is 0 Å². The van der Waals surface area contributed by atoms with Crippen LogP contribution < -0.4 is 10.6 Å². The van der Waals surface area contributed by atoms with E-state index in [1.54, 1.807) is 11.1 Å². The molecule has 3 nitrogen and oxygen atoms in total. The third-order valence-corrected chi connectivity index (χ3v) is 7.66. The maximum atomic E-state index is 13.0. The largest absolute Gasteiger partial charge is 0.326 e. The van der Waals surface area contributed by atoms with Gasteiger partial charge in [-0.15, -0.1) is 11.8 Å². The molecule has 1 unspecified atom stereocenters. The molecule has 180 valence electrons. The predicted molar refractivity (Wildman–Crippen MR) is 143 cm³/mol. The first-order valence-corrected chi connectivity index (χ1v) is 13.9. The fraction of sp³-hybridized carbons (Fsp3) is 0.679. The molecule has 0 aliphatic carbocycles. The number of rotatable bonds is 12. The van der Waals surface area contributed by atoms with Gasteiger partial charge in [0.2, 0.25) is 0 Å². The summed E-state index contributed by atoms with van der Waals surface area (Å²) in [7, 11) is 0. The number of urea groups is 1. The minimum absolute atomic E-state index is 0.0696. The van der Waals surface area contributed by atoms with Gasteiger partial charge in [0.15, 0.2) is 0 Å². The van der Waals surface area contributed by atoms with Crippen LogP contribution in [0.15, 0.2) is 29.3 Å². The van der Waals surface area contributed by atoms with E-state index in [4.69, 9.17) is 0 Å². The zero-order valence-electron chi connectivity index (χ0n) is 21.4. The first-order chi connectivity index (χ1) is 15.4. The number of hydrogen-bond acceptors (Lipinski definition) is 2. The van der Waals surface area contributed by atoms with E-state index >= 15 is 0 Å². The molecule has 0 spiro atoms. The molecule has 0 fully saturated rings. The monoisotopic (exact) mass is 458 g/mol. The quantitative estimate of drug-likeness (QED) is 0.242. The first-order valence-electron chi connectivity index (χ1n) is 12.9. The number of carbonyl (C=O) groups is 1. The third kappa shape index (κ3) is 8.17. The summed E-state index contributed by atoms with van der Waals surface area (Å²) < 4.78 is 0. The molecule has 2 amide bonds. The van der Waals surface area contributed by atoms with Crippen molar-refractivity contribution in [3.8, 4) is 0 Å². The number of unbranched alkanes of at least 4 members (excludes halogenated alkanes) is 4. The van der Waals surface area contributed by atoms with E-state index in [0.29, 0.717) is 11.8 Å². The molecule has 0 bridgehead atoms. The van der Waals surface area contributed by atoms with Crippen molar-refractivity contribution in [1.29, 1.82) is 0 Å². The van der Waals surface area contributed by atoms with Crippen molar-refractivity contribution in [2.24, 2.45) is 0 Å². The highest BCUT2D eigenvalue weighted by Gasteiger charge is 2.23. The van der Waals surface area contributed by atoms with Crippen molar-refractivity contribution in [3.05, 3.63) is 40.5 Å². The van der Waals surface area contributed by atoms with Crippen LogP contribution >= 0.6 is 11.8 Å². The van der Waals surface area contributed by atoms with Crippen LogP contribution in [0.25, 0.3) is 0 Å². The maximum absolute atomic E-state index is 13.0. The Morgan fingerprint density at radius 1 is 0.938 bits per heavy atom. The summed E-state index contributed by atoms with van der Waals surface area (Å²) in [6.45, 7) is 13.3. The predicted octanol–water partition coefficient (Wildman–Crippen LogP) is 8.98.